The first kappa shape index (κ1) is 11.0. The molecule has 1 atom stereocenters. The van der Waals surface area contributed by atoms with E-state index in [0.717, 1.165) is 11.0 Å². The maximum Gasteiger partial charge on any atom is 0.231 e. The average molecular weight is 214 g/mol. The van der Waals surface area contributed by atoms with Gasteiger partial charge >= 0.3 is 0 Å². The fourth-order valence-corrected chi connectivity index (χ4v) is 1.88. The molecule has 0 saturated heterocycles. The number of aromatic nitrogens is 3. The molecule has 6 heteroatoms. The normalized spacial score (nSPS) is 12.8. The summed E-state index contributed by atoms with van der Waals surface area (Å²) < 4.78 is 1.84. The van der Waals surface area contributed by atoms with Gasteiger partial charge in [0.2, 0.25) is 5.91 Å². The molecule has 0 spiro atoms. The molecule has 5 nitrogen and oxygen atoms in total. The molecule has 0 aliphatic rings. The highest BCUT2D eigenvalue weighted by Crippen LogP contribution is 2.23. The molecular formula is C8H14N4OS. The molecule has 0 bridgehead atoms. The van der Waals surface area contributed by atoms with Crippen LogP contribution in [0.1, 0.15) is 19.2 Å². The Balaban J connectivity index is 2.77. The monoisotopic (exact) mass is 214 g/mol. The molecule has 1 aromatic heterocycles. The molecule has 78 valence electrons. The molecule has 1 amide bonds. The second kappa shape index (κ2) is 4.45. The van der Waals surface area contributed by atoms with Crippen molar-refractivity contribution < 1.29 is 4.79 Å². The van der Waals surface area contributed by atoms with Crippen molar-refractivity contribution >= 4 is 17.7 Å². The maximum atomic E-state index is 11.0. The third kappa shape index (κ3) is 2.25. The smallest absolute Gasteiger partial charge is 0.231 e. The summed E-state index contributed by atoms with van der Waals surface area (Å²) in [5.41, 5.74) is 5.23. The van der Waals surface area contributed by atoms with E-state index in [4.69, 9.17) is 5.73 Å². The van der Waals surface area contributed by atoms with Crippen LogP contribution in [-0.4, -0.2) is 25.9 Å². The Hall–Kier alpha value is -1.04. The predicted molar refractivity (Wildman–Crippen MR) is 54.9 cm³/mol. The molecule has 0 fully saturated rings. The lowest BCUT2D eigenvalue weighted by molar-refractivity contribution is -0.117. The highest BCUT2D eigenvalue weighted by atomic mass is 32.2. The van der Waals surface area contributed by atoms with Gasteiger partial charge in [0.15, 0.2) is 5.16 Å². The summed E-state index contributed by atoms with van der Waals surface area (Å²) in [6.45, 7) is 3.79. The standard InChI is InChI=1S/C8H14N4OS/c1-4-6(7(9)13)14-8-11-10-5(2)12(8)3/h6H,4H2,1-3H3,(H2,9,13). The van der Waals surface area contributed by atoms with Crippen molar-refractivity contribution in [3.8, 4) is 0 Å². The Morgan fingerprint density at radius 2 is 2.29 bits per heavy atom. The molecule has 0 aromatic carbocycles. The van der Waals surface area contributed by atoms with Crippen LogP contribution in [0.4, 0.5) is 0 Å². The van der Waals surface area contributed by atoms with Crippen molar-refractivity contribution in [1.29, 1.82) is 0 Å². The largest absolute Gasteiger partial charge is 0.369 e. The van der Waals surface area contributed by atoms with Crippen LogP contribution in [0.25, 0.3) is 0 Å². The lowest BCUT2D eigenvalue weighted by Gasteiger charge is -2.08. The van der Waals surface area contributed by atoms with Gasteiger partial charge in [0.25, 0.3) is 0 Å². The van der Waals surface area contributed by atoms with Gasteiger partial charge in [-0.15, -0.1) is 10.2 Å². The number of nitrogens with zero attached hydrogens (tertiary/aromatic N) is 3. The first-order chi connectivity index (χ1) is 6.56. The van der Waals surface area contributed by atoms with Gasteiger partial charge in [-0.2, -0.15) is 0 Å². The Bertz CT molecular complexity index is 336. The lowest BCUT2D eigenvalue weighted by atomic mass is 10.3. The van der Waals surface area contributed by atoms with Crippen molar-refractivity contribution in [3.63, 3.8) is 0 Å². The zero-order chi connectivity index (χ0) is 10.7. The Morgan fingerprint density at radius 3 is 2.64 bits per heavy atom. The number of nitrogens with two attached hydrogens (primary N) is 1. The molecule has 0 aliphatic heterocycles. The second-order valence-corrected chi connectivity index (χ2v) is 4.18. The number of thioether (sulfide) groups is 1. The van der Waals surface area contributed by atoms with E-state index in [0.29, 0.717) is 6.42 Å². The lowest BCUT2D eigenvalue weighted by Crippen LogP contribution is -2.25. The van der Waals surface area contributed by atoms with Gasteiger partial charge in [0, 0.05) is 7.05 Å². The molecule has 1 rings (SSSR count). The SMILES string of the molecule is CCC(Sc1nnc(C)n1C)C(N)=O. The van der Waals surface area contributed by atoms with Crippen molar-refractivity contribution in [2.75, 3.05) is 0 Å². The molecule has 1 heterocycles. The van der Waals surface area contributed by atoms with E-state index in [1.54, 1.807) is 0 Å². The number of aryl methyl sites for hydroxylation is 1. The highest BCUT2D eigenvalue weighted by Gasteiger charge is 2.17. The number of carbonyl (C=O) groups is 1. The van der Waals surface area contributed by atoms with Crippen LogP contribution >= 0.6 is 11.8 Å². The summed E-state index contributed by atoms with van der Waals surface area (Å²) >= 11 is 1.36. The van der Waals surface area contributed by atoms with Crippen molar-refractivity contribution in [3.05, 3.63) is 5.82 Å². The third-order valence-electron chi connectivity index (χ3n) is 1.99. The van der Waals surface area contributed by atoms with Gasteiger partial charge in [-0.25, -0.2) is 0 Å². The Labute approximate surface area is 87.1 Å². The fourth-order valence-electron chi connectivity index (χ4n) is 0.960. The highest BCUT2D eigenvalue weighted by molar-refractivity contribution is 8.00. The number of rotatable bonds is 4. The number of amides is 1. The molecule has 1 unspecified atom stereocenters. The van der Waals surface area contributed by atoms with Gasteiger partial charge in [-0.3, -0.25) is 4.79 Å². The van der Waals surface area contributed by atoms with Gasteiger partial charge in [0.1, 0.15) is 5.82 Å². The molecule has 0 radical (unpaired) electrons. The van der Waals surface area contributed by atoms with Crippen LogP contribution in [0.3, 0.4) is 0 Å². The van der Waals surface area contributed by atoms with Gasteiger partial charge in [-0.1, -0.05) is 18.7 Å². The van der Waals surface area contributed by atoms with Crippen LogP contribution in [0.15, 0.2) is 5.16 Å². The van der Waals surface area contributed by atoms with Crippen LogP contribution < -0.4 is 5.73 Å². The van der Waals surface area contributed by atoms with E-state index in [1.807, 2.05) is 25.5 Å². The van der Waals surface area contributed by atoms with Crippen molar-refractivity contribution in [2.45, 2.75) is 30.7 Å². The first-order valence-electron chi connectivity index (χ1n) is 4.38. The van der Waals surface area contributed by atoms with Gasteiger partial charge in [-0.05, 0) is 13.3 Å². The summed E-state index contributed by atoms with van der Waals surface area (Å²) in [5.74, 6) is 0.518. The van der Waals surface area contributed by atoms with E-state index in [-0.39, 0.29) is 11.2 Å². The van der Waals surface area contributed by atoms with E-state index in [9.17, 15) is 4.79 Å². The summed E-state index contributed by atoms with van der Waals surface area (Å²) in [6.07, 6.45) is 0.700. The van der Waals surface area contributed by atoms with Gasteiger partial charge < -0.3 is 10.3 Å². The first-order valence-corrected chi connectivity index (χ1v) is 5.26. The van der Waals surface area contributed by atoms with Gasteiger partial charge in [0.05, 0.1) is 5.25 Å². The maximum absolute atomic E-state index is 11.0. The van der Waals surface area contributed by atoms with E-state index in [2.05, 4.69) is 10.2 Å². The minimum Gasteiger partial charge on any atom is -0.369 e. The van der Waals surface area contributed by atoms with Crippen molar-refractivity contribution in [1.82, 2.24) is 14.8 Å². The Morgan fingerprint density at radius 1 is 1.64 bits per heavy atom. The summed E-state index contributed by atoms with van der Waals surface area (Å²) in [6, 6.07) is 0. The number of hydrogen-bond acceptors (Lipinski definition) is 4. The van der Waals surface area contributed by atoms with E-state index >= 15 is 0 Å². The summed E-state index contributed by atoms with van der Waals surface area (Å²) in [7, 11) is 1.87. The number of hydrogen-bond donors (Lipinski definition) is 1. The summed E-state index contributed by atoms with van der Waals surface area (Å²) in [4.78, 5) is 11.0. The molecular weight excluding hydrogens is 200 g/mol. The average Bonchev–Trinajstić information content (AvgIpc) is 2.44. The minimum atomic E-state index is -0.307. The predicted octanol–water partition coefficient (Wildman–Crippen LogP) is 0.480. The van der Waals surface area contributed by atoms with Crippen LogP contribution in [0, 0.1) is 6.92 Å². The quantitative estimate of drug-likeness (QED) is 0.740. The molecule has 0 saturated carbocycles. The van der Waals surface area contributed by atoms with Crippen LogP contribution in [0.2, 0.25) is 0 Å². The van der Waals surface area contributed by atoms with E-state index in [1.165, 1.54) is 11.8 Å². The molecule has 14 heavy (non-hydrogen) atoms. The van der Waals surface area contributed by atoms with Crippen molar-refractivity contribution in [2.24, 2.45) is 12.8 Å². The molecule has 2 N–H and O–H groups in total. The molecule has 1 aromatic rings. The zero-order valence-corrected chi connectivity index (χ0v) is 9.34. The molecule has 0 aliphatic carbocycles. The Kier molecular flexibility index (Phi) is 3.51. The minimum absolute atomic E-state index is 0.225. The topological polar surface area (TPSA) is 73.8 Å². The fraction of sp³-hybridized carbons (Fsp3) is 0.625. The van der Waals surface area contributed by atoms with E-state index < -0.39 is 0 Å². The zero-order valence-electron chi connectivity index (χ0n) is 8.52. The number of carbonyl (C=O) groups excluding carboxylic acids is 1. The van der Waals surface area contributed by atoms with Crippen LogP contribution in [0.5, 0.6) is 0 Å². The second-order valence-electron chi connectivity index (χ2n) is 3.01. The number of primary amides is 1. The van der Waals surface area contributed by atoms with Crippen LogP contribution in [-0.2, 0) is 11.8 Å². The third-order valence-corrected chi connectivity index (χ3v) is 3.40. The summed E-state index contributed by atoms with van der Waals surface area (Å²) in [5, 5.41) is 8.36.